The Kier molecular flexibility index (Phi) is 8.02. The highest BCUT2D eigenvalue weighted by atomic mass is 32.2. The van der Waals surface area contributed by atoms with E-state index in [1.54, 1.807) is 6.20 Å². The van der Waals surface area contributed by atoms with Gasteiger partial charge in [0, 0.05) is 57.2 Å². The maximum absolute atomic E-state index is 11.0. The second kappa shape index (κ2) is 11.5. The van der Waals surface area contributed by atoms with E-state index >= 15 is 0 Å². The van der Waals surface area contributed by atoms with E-state index in [9.17, 15) is 5.11 Å². The zero-order chi connectivity index (χ0) is 28.3. The monoisotopic (exact) mass is 551 g/mol. The topological polar surface area (TPSA) is 60.2 Å². The normalized spacial score (nSPS) is 12.2. The van der Waals surface area contributed by atoms with Crippen LogP contribution in [0.2, 0.25) is 0 Å². The van der Waals surface area contributed by atoms with Crippen LogP contribution >= 0.6 is 11.8 Å². The Hall–Kier alpha value is -3.61. The number of aliphatic hydroxyl groups is 1. The highest BCUT2D eigenvalue weighted by Crippen LogP contribution is 2.43. The van der Waals surface area contributed by atoms with Gasteiger partial charge in [0.05, 0.1) is 17.0 Å². The number of rotatable bonds is 9. The van der Waals surface area contributed by atoms with Crippen molar-refractivity contribution in [1.82, 2.24) is 14.5 Å². The maximum Gasteiger partial charge on any atom is 0.130 e. The number of hydrogen-bond donors (Lipinski definition) is 1. The van der Waals surface area contributed by atoms with Crippen molar-refractivity contribution in [3.8, 4) is 17.0 Å². The minimum atomic E-state index is -0.861. The van der Waals surface area contributed by atoms with Gasteiger partial charge in [0.25, 0.3) is 0 Å². The highest BCUT2D eigenvalue weighted by Gasteiger charge is 2.27. The Morgan fingerprint density at radius 2 is 1.57 bits per heavy atom. The van der Waals surface area contributed by atoms with E-state index in [0.29, 0.717) is 19.6 Å². The summed E-state index contributed by atoms with van der Waals surface area (Å²) in [5.41, 5.74) is 5.55. The Balaban J connectivity index is 1.56. The molecule has 0 atom stereocenters. The molecule has 5 aromatic rings. The molecule has 1 N–H and O–H groups in total. The summed E-state index contributed by atoms with van der Waals surface area (Å²) < 4.78 is 8.52. The van der Waals surface area contributed by atoms with Gasteiger partial charge in [-0.15, -0.1) is 11.8 Å². The minimum Gasteiger partial charge on any atom is -0.487 e. The quantitative estimate of drug-likeness (QED) is 0.189. The van der Waals surface area contributed by atoms with Crippen molar-refractivity contribution in [2.24, 2.45) is 0 Å². The van der Waals surface area contributed by atoms with Crippen LogP contribution in [0, 0.1) is 0 Å². The van der Waals surface area contributed by atoms with Crippen LogP contribution in [0.5, 0.6) is 5.75 Å². The molecule has 6 heteroatoms. The van der Waals surface area contributed by atoms with Gasteiger partial charge in [0.15, 0.2) is 0 Å². The van der Waals surface area contributed by atoms with Crippen LogP contribution in [0.1, 0.15) is 51.6 Å². The van der Waals surface area contributed by atoms with Gasteiger partial charge in [-0.3, -0.25) is 9.97 Å². The van der Waals surface area contributed by atoms with Crippen LogP contribution in [0.25, 0.3) is 22.2 Å². The van der Waals surface area contributed by atoms with Gasteiger partial charge >= 0.3 is 0 Å². The average Bonchev–Trinajstić information content (AvgIpc) is 3.18. The fourth-order valence-corrected chi connectivity index (χ4v) is 5.96. The number of nitrogens with zero attached hydrogens (tertiary/aromatic N) is 3. The summed E-state index contributed by atoms with van der Waals surface area (Å²) in [4.78, 5) is 10.1. The largest absolute Gasteiger partial charge is 0.487 e. The van der Waals surface area contributed by atoms with Gasteiger partial charge in [-0.2, -0.15) is 0 Å². The van der Waals surface area contributed by atoms with Gasteiger partial charge in [0.2, 0.25) is 0 Å². The molecule has 2 aromatic carbocycles. The van der Waals surface area contributed by atoms with Crippen molar-refractivity contribution in [3.63, 3.8) is 0 Å². The summed E-state index contributed by atoms with van der Waals surface area (Å²) in [5, 5.41) is 12.1. The smallest absolute Gasteiger partial charge is 0.130 e. The second-order valence-electron chi connectivity index (χ2n) is 11.8. The molecule has 0 amide bonds. The van der Waals surface area contributed by atoms with Crippen LogP contribution in [0.4, 0.5) is 0 Å². The lowest BCUT2D eigenvalue weighted by Crippen LogP contribution is -2.24. The Morgan fingerprint density at radius 1 is 0.850 bits per heavy atom. The summed E-state index contributed by atoms with van der Waals surface area (Å²) in [6, 6.07) is 26.7. The molecule has 3 aromatic heterocycles. The molecule has 5 rings (SSSR count). The van der Waals surface area contributed by atoms with E-state index in [-0.39, 0.29) is 4.75 Å². The first-order valence-electron chi connectivity index (χ1n) is 13.7. The van der Waals surface area contributed by atoms with Crippen molar-refractivity contribution >= 4 is 22.7 Å². The zero-order valence-electron chi connectivity index (χ0n) is 23.9. The van der Waals surface area contributed by atoms with E-state index in [2.05, 4.69) is 71.7 Å². The lowest BCUT2D eigenvalue weighted by molar-refractivity contribution is 0.0785. The second-order valence-corrected chi connectivity index (χ2v) is 13.6. The van der Waals surface area contributed by atoms with Crippen LogP contribution in [-0.2, 0) is 19.6 Å². The Morgan fingerprint density at radius 3 is 2.20 bits per heavy atom. The molecule has 40 heavy (non-hydrogen) atoms. The molecular weight excluding hydrogens is 514 g/mol. The molecule has 0 spiro atoms. The lowest BCUT2D eigenvalue weighted by Gasteiger charge is -2.23. The fourth-order valence-electron chi connectivity index (χ4n) is 4.77. The van der Waals surface area contributed by atoms with Crippen molar-refractivity contribution in [2.75, 3.05) is 0 Å². The molecular formula is C34H37N3O2S. The number of aromatic nitrogens is 3. The highest BCUT2D eigenvalue weighted by molar-refractivity contribution is 8.00. The van der Waals surface area contributed by atoms with Crippen molar-refractivity contribution in [3.05, 3.63) is 108 Å². The molecule has 3 heterocycles. The number of ether oxygens (including phenoxy) is 1. The van der Waals surface area contributed by atoms with Crippen LogP contribution in [0.3, 0.4) is 0 Å². The van der Waals surface area contributed by atoms with Gasteiger partial charge in [-0.1, -0.05) is 57.2 Å². The SMILES string of the molecule is CC(C)(O)Cc1c(SC(C)(C)C)c2cc(OCc3ccccn3)ccc2n1Cc1ccc(-c2ccccn2)cc1. The summed E-state index contributed by atoms with van der Waals surface area (Å²) in [6.07, 6.45) is 4.14. The summed E-state index contributed by atoms with van der Waals surface area (Å²) in [6.45, 7) is 11.6. The molecule has 0 aliphatic rings. The molecule has 0 saturated carbocycles. The van der Waals surface area contributed by atoms with E-state index in [1.165, 1.54) is 10.5 Å². The zero-order valence-corrected chi connectivity index (χ0v) is 24.7. The van der Waals surface area contributed by atoms with Gasteiger partial charge < -0.3 is 14.4 Å². The summed E-state index contributed by atoms with van der Waals surface area (Å²) >= 11 is 1.84. The standard InChI is InChI=1S/C34H37N3O2S/c1-33(2,3)40-32-28-20-27(39-23-26-10-6-8-18-35-26)16-17-30(28)37(31(32)21-34(4,5)38)22-24-12-14-25(15-13-24)29-11-7-9-19-36-29/h6-20,38H,21-23H2,1-5H3. The van der Waals surface area contributed by atoms with E-state index < -0.39 is 5.60 Å². The molecule has 206 valence electrons. The van der Waals surface area contributed by atoms with Gasteiger partial charge in [0.1, 0.15) is 12.4 Å². The van der Waals surface area contributed by atoms with Gasteiger partial charge in [-0.25, -0.2) is 0 Å². The molecule has 0 aliphatic carbocycles. The first kappa shape index (κ1) is 27.9. The number of fused-ring (bicyclic) bond motifs is 1. The summed E-state index contributed by atoms with van der Waals surface area (Å²) in [7, 11) is 0. The number of hydrogen-bond acceptors (Lipinski definition) is 5. The third kappa shape index (κ3) is 6.93. The number of pyridine rings is 2. The van der Waals surface area contributed by atoms with Crippen molar-refractivity contribution in [2.45, 2.75) is 69.4 Å². The Bertz CT molecular complexity index is 1570. The van der Waals surface area contributed by atoms with Crippen molar-refractivity contribution < 1.29 is 9.84 Å². The minimum absolute atomic E-state index is 0.0113. The van der Waals surface area contributed by atoms with Crippen molar-refractivity contribution in [1.29, 1.82) is 0 Å². The third-order valence-electron chi connectivity index (χ3n) is 6.47. The molecule has 0 aliphatic heterocycles. The Labute approximate surface area is 241 Å². The number of benzene rings is 2. The first-order chi connectivity index (χ1) is 19.1. The third-order valence-corrected chi connectivity index (χ3v) is 7.74. The van der Waals surface area contributed by atoms with E-state index in [0.717, 1.165) is 39.3 Å². The first-order valence-corrected chi connectivity index (χ1v) is 14.5. The van der Waals surface area contributed by atoms with Gasteiger partial charge in [-0.05, 0) is 61.9 Å². The summed E-state index contributed by atoms with van der Waals surface area (Å²) in [5.74, 6) is 0.806. The number of thioether (sulfide) groups is 1. The van der Waals surface area contributed by atoms with Crippen LogP contribution in [0.15, 0.2) is 96.2 Å². The molecule has 0 fully saturated rings. The van der Waals surface area contributed by atoms with E-state index in [4.69, 9.17) is 4.74 Å². The average molecular weight is 552 g/mol. The predicted octanol–water partition coefficient (Wildman–Crippen LogP) is 7.93. The molecule has 0 unspecified atom stereocenters. The fraction of sp³-hybridized carbons (Fsp3) is 0.294. The maximum atomic E-state index is 11.0. The van der Waals surface area contributed by atoms with Crippen LogP contribution < -0.4 is 4.74 Å². The predicted molar refractivity (Wildman–Crippen MR) is 165 cm³/mol. The van der Waals surface area contributed by atoms with Crippen LogP contribution in [-0.4, -0.2) is 30.0 Å². The molecule has 0 bridgehead atoms. The molecule has 5 nitrogen and oxygen atoms in total. The molecule has 0 radical (unpaired) electrons. The lowest BCUT2D eigenvalue weighted by atomic mass is 10.0. The van der Waals surface area contributed by atoms with E-state index in [1.807, 2.05) is 74.3 Å². The molecule has 0 saturated heterocycles.